The third-order valence-corrected chi connectivity index (χ3v) is 3.13. The molecule has 0 saturated carbocycles. The van der Waals surface area contributed by atoms with E-state index in [4.69, 9.17) is 0 Å². The number of rotatable bonds is 3. The number of halogens is 1. The third-order valence-electron chi connectivity index (χ3n) is 2.77. The van der Waals surface area contributed by atoms with Crippen LogP contribution in [0.5, 0.6) is 0 Å². The zero-order chi connectivity index (χ0) is 15.8. The van der Waals surface area contributed by atoms with E-state index in [1.54, 1.807) is 24.6 Å². The molecule has 0 atom stereocenters. The minimum Gasteiger partial charge on any atom is -0.309 e. The largest absolute Gasteiger partial charge is 0.309 e. The van der Waals surface area contributed by atoms with Crippen LogP contribution in [0.25, 0.3) is 5.95 Å². The molecule has 1 N–H and O–H groups in total. The Hall–Kier alpha value is -1.76. The van der Waals surface area contributed by atoms with Gasteiger partial charge in [0.25, 0.3) is 5.95 Å². The SMILES string of the molecule is Cc1cc(C)nc(-n2nc(C)cc2NC(=O)C(C)(C)Br)n1. The quantitative estimate of drug-likeness (QED) is 0.862. The molecule has 2 heterocycles. The van der Waals surface area contributed by atoms with Crippen molar-refractivity contribution in [2.75, 3.05) is 5.32 Å². The van der Waals surface area contributed by atoms with Gasteiger partial charge in [0.15, 0.2) is 0 Å². The number of nitrogens with zero attached hydrogens (tertiary/aromatic N) is 4. The molecule has 1 amide bonds. The van der Waals surface area contributed by atoms with E-state index < -0.39 is 4.32 Å². The van der Waals surface area contributed by atoms with Crippen LogP contribution in [-0.2, 0) is 4.79 Å². The maximum atomic E-state index is 12.1. The summed E-state index contributed by atoms with van der Waals surface area (Å²) in [6.07, 6.45) is 0. The van der Waals surface area contributed by atoms with Crippen molar-refractivity contribution in [3.63, 3.8) is 0 Å². The van der Waals surface area contributed by atoms with Crippen LogP contribution in [0.1, 0.15) is 30.9 Å². The molecule has 0 saturated heterocycles. The summed E-state index contributed by atoms with van der Waals surface area (Å²) in [4.78, 5) is 20.9. The lowest BCUT2D eigenvalue weighted by molar-refractivity contribution is -0.117. The lowest BCUT2D eigenvalue weighted by Gasteiger charge is -2.16. The van der Waals surface area contributed by atoms with Crippen LogP contribution in [0.4, 0.5) is 5.82 Å². The van der Waals surface area contributed by atoms with E-state index in [9.17, 15) is 4.79 Å². The summed E-state index contributed by atoms with van der Waals surface area (Å²) in [7, 11) is 0. The fourth-order valence-electron chi connectivity index (χ4n) is 1.81. The number of hydrogen-bond acceptors (Lipinski definition) is 4. The number of anilines is 1. The number of aryl methyl sites for hydroxylation is 3. The van der Waals surface area contributed by atoms with Gasteiger partial charge in [0, 0.05) is 17.5 Å². The van der Waals surface area contributed by atoms with E-state index in [0.717, 1.165) is 17.1 Å². The molecule has 6 nitrogen and oxygen atoms in total. The van der Waals surface area contributed by atoms with Crippen molar-refractivity contribution in [1.82, 2.24) is 19.7 Å². The summed E-state index contributed by atoms with van der Waals surface area (Å²) < 4.78 is 0.880. The summed E-state index contributed by atoms with van der Waals surface area (Å²) in [5, 5.41) is 7.20. The van der Waals surface area contributed by atoms with E-state index >= 15 is 0 Å². The second kappa shape index (κ2) is 5.55. The molecule has 0 spiro atoms. The van der Waals surface area contributed by atoms with Crippen LogP contribution in [-0.4, -0.2) is 30.0 Å². The number of carbonyl (C=O) groups excluding carboxylic acids is 1. The highest BCUT2D eigenvalue weighted by Gasteiger charge is 2.25. The summed E-state index contributed by atoms with van der Waals surface area (Å²) in [5.74, 6) is 0.839. The molecule has 7 heteroatoms. The Balaban J connectivity index is 2.43. The molecule has 0 radical (unpaired) electrons. The zero-order valence-electron chi connectivity index (χ0n) is 12.7. The fraction of sp³-hybridized carbons (Fsp3) is 0.429. The summed E-state index contributed by atoms with van der Waals surface area (Å²) in [6, 6.07) is 3.68. The molecule has 2 aromatic heterocycles. The Bertz CT molecular complexity index is 667. The van der Waals surface area contributed by atoms with E-state index in [-0.39, 0.29) is 5.91 Å². The highest BCUT2D eigenvalue weighted by molar-refractivity contribution is 9.10. The molecule has 2 rings (SSSR count). The van der Waals surface area contributed by atoms with Crippen molar-refractivity contribution in [3.05, 3.63) is 29.2 Å². The molecule has 0 aliphatic carbocycles. The molecule has 2 aromatic rings. The molecule has 0 aliphatic heterocycles. The van der Waals surface area contributed by atoms with Crippen LogP contribution in [0.2, 0.25) is 0 Å². The highest BCUT2D eigenvalue weighted by atomic mass is 79.9. The van der Waals surface area contributed by atoms with Crippen molar-refractivity contribution in [2.24, 2.45) is 0 Å². The van der Waals surface area contributed by atoms with Crippen LogP contribution in [0, 0.1) is 20.8 Å². The van der Waals surface area contributed by atoms with E-state index in [2.05, 4.69) is 36.3 Å². The normalized spacial score (nSPS) is 11.5. The maximum Gasteiger partial charge on any atom is 0.252 e. The molecule has 0 unspecified atom stereocenters. The van der Waals surface area contributed by atoms with Crippen molar-refractivity contribution >= 4 is 27.7 Å². The molecule has 0 fully saturated rings. The van der Waals surface area contributed by atoms with Crippen LogP contribution >= 0.6 is 15.9 Å². The van der Waals surface area contributed by atoms with Crippen molar-refractivity contribution in [1.29, 1.82) is 0 Å². The molecule has 0 aliphatic rings. The smallest absolute Gasteiger partial charge is 0.252 e. The average molecular weight is 352 g/mol. The number of aromatic nitrogens is 4. The highest BCUT2D eigenvalue weighted by Crippen LogP contribution is 2.21. The van der Waals surface area contributed by atoms with Gasteiger partial charge in [-0.1, -0.05) is 15.9 Å². The van der Waals surface area contributed by atoms with Gasteiger partial charge in [-0.3, -0.25) is 4.79 Å². The second-order valence-electron chi connectivity index (χ2n) is 5.46. The molecular formula is C14H18BrN5O. The number of nitrogens with one attached hydrogen (secondary N) is 1. The minimum atomic E-state index is -0.667. The van der Waals surface area contributed by atoms with E-state index in [1.165, 1.54) is 0 Å². The molecule has 21 heavy (non-hydrogen) atoms. The standard InChI is InChI=1S/C14H18BrN5O/c1-8-6-9(2)17-13(16-8)20-11(7-10(3)19-20)18-12(21)14(4,5)15/h6-7H,1-5H3,(H,18,21). The van der Waals surface area contributed by atoms with Crippen molar-refractivity contribution in [2.45, 2.75) is 38.9 Å². The van der Waals surface area contributed by atoms with Gasteiger partial charge in [-0.15, -0.1) is 0 Å². The number of alkyl halides is 1. The lowest BCUT2D eigenvalue weighted by atomic mass is 10.2. The topological polar surface area (TPSA) is 72.7 Å². The first kappa shape index (κ1) is 15.6. The van der Waals surface area contributed by atoms with Crippen molar-refractivity contribution in [3.8, 4) is 5.95 Å². The van der Waals surface area contributed by atoms with Gasteiger partial charge in [0.1, 0.15) is 5.82 Å². The van der Waals surface area contributed by atoms with Gasteiger partial charge in [0.05, 0.1) is 10.0 Å². The van der Waals surface area contributed by atoms with Crippen molar-refractivity contribution < 1.29 is 4.79 Å². The van der Waals surface area contributed by atoms with Gasteiger partial charge in [-0.05, 0) is 40.7 Å². The zero-order valence-corrected chi connectivity index (χ0v) is 14.3. The van der Waals surface area contributed by atoms with E-state index in [1.807, 2.05) is 26.8 Å². The van der Waals surface area contributed by atoms with Gasteiger partial charge in [0.2, 0.25) is 5.91 Å². The Morgan fingerprint density at radius 3 is 2.24 bits per heavy atom. The fourth-order valence-corrected chi connectivity index (χ4v) is 1.91. The molecule has 112 valence electrons. The Morgan fingerprint density at radius 1 is 1.14 bits per heavy atom. The Labute approximate surface area is 132 Å². The Kier molecular flexibility index (Phi) is 4.13. The van der Waals surface area contributed by atoms with Crippen LogP contribution < -0.4 is 5.32 Å². The molecule has 0 aromatic carbocycles. The minimum absolute atomic E-state index is 0.159. The van der Waals surface area contributed by atoms with Gasteiger partial charge < -0.3 is 5.32 Å². The Morgan fingerprint density at radius 2 is 1.71 bits per heavy atom. The first-order valence-corrected chi connectivity index (χ1v) is 7.36. The molecule has 0 bridgehead atoms. The summed E-state index contributed by atoms with van der Waals surface area (Å²) in [6.45, 7) is 9.21. The number of hydrogen-bond donors (Lipinski definition) is 1. The van der Waals surface area contributed by atoms with Crippen LogP contribution in [0.3, 0.4) is 0 Å². The predicted molar refractivity (Wildman–Crippen MR) is 85.0 cm³/mol. The molecular weight excluding hydrogens is 334 g/mol. The van der Waals surface area contributed by atoms with Gasteiger partial charge >= 0.3 is 0 Å². The number of amides is 1. The third kappa shape index (κ3) is 3.66. The lowest BCUT2D eigenvalue weighted by Crippen LogP contribution is -2.31. The monoisotopic (exact) mass is 351 g/mol. The van der Waals surface area contributed by atoms with Gasteiger partial charge in [-0.2, -0.15) is 9.78 Å². The van der Waals surface area contributed by atoms with E-state index in [0.29, 0.717) is 11.8 Å². The second-order valence-corrected chi connectivity index (χ2v) is 7.44. The summed E-state index contributed by atoms with van der Waals surface area (Å²) >= 11 is 3.34. The van der Waals surface area contributed by atoms with Crippen LogP contribution in [0.15, 0.2) is 12.1 Å². The van der Waals surface area contributed by atoms with Gasteiger partial charge in [-0.25, -0.2) is 9.97 Å². The first-order chi connectivity index (χ1) is 9.66. The predicted octanol–water partition coefficient (Wildman–Crippen LogP) is 2.70. The average Bonchev–Trinajstić information content (AvgIpc) is 2.67. The maximum absolute atomic E-state index is 12.1. The first-order valence-electron chi connectivity index (χ1n) is 6.56. The number of carbonyl (C=O) groups is 1. The summed E-state index contributed by atoms with van der Waals surface area (Å²) in [5.41, 5.74) is 2.48.